The van der Waals surface area contributed by atoms with Crippen LogP contribution in [0.5, 0.6) is 11.5 Å². The average Bonchev–Trinajstić information content (AvgIpc) is 2.91. The largest absolute Gasteiger partial charge is 0.489 e. The van der Waals surface area contributed by atoms with E-state index in [4.69, 9.17) is 14.2 Å². The first kappa shape index (κ1) is 30.1. The molecule has 1 unspecified atom stereocenters. The van der Waals surface area contributed by atoms with Gasteiger partial charge in [0.15, 0.2) is 46.5 Å². The number of rotatable bonds is 9. The summed E-state index contributed by atoms with van der Waals surface area (Å²) in [6, 6.07) is 3.11. The molecule has 3 aromatic rings. The van der Waals surface area contributed by atoms with Crippen LogP contribution in [0, 0.1) is 58.2 Å². The topological polar surface area (TPSA) is 44.8 Å². The number of halogens is 11. The molecule has 0 aliphatic rings. The summed E-state index contributed by atoms with van der Waals surface area (Å²) in [4.78, 5) is 11.0. The lowest BCUT2D eigenvalue weighted by Gasteiger charge is -2.15. The van der Waals surface area contributed by atoms with Crippen LogP contribution in [0.2, 0.25) is 0 Å². The number of esters is 1. The molecule has 4 nitrogen and oxygen atoms in total. The van der Waals surface area contributed by atoms with E-state index in [1.54, 1.807) is 0 Å². The van der Waals surface area contributed by atoms with Crippen LogP contribution in [-0.2, 0) is 29.4 Å². The first-order valence-electron chi connectivity index (χ1n) is 10.4. The fourth-order valence-corrected chi connectivity index (χ4v) is 3.15. The molecule has 1 atom stereocenters. The van der Waals surface area contributed by atoms with Gasteiger partial charge in [-0.2, -0.15) is 0 Å². The number of benzene rings is 3. The molecule has 3 rings (SSSR count). The second kappa shape index (κ2) is 12.1. The van der Waals surface area contributed by atoms with Gasteiger partial charge in [-0.15, -0.1) is 0 Å². The minimum atomic E-state index is -2.39. The fraction of sp³-hybridized carbons (Fsp3) is 0.208. The highest BCUT2D eigenvalue weighted by molar-refractivity contribution is 9.10. The Kier molecular flexibility index (Phi) is 9.35. The Morgan fingerprint density at radius 1 is 0.615 bits per heavy atom. The van der Waals surface area contributed by atoms with Crippen LogP contribution in [0.3, 0.4) is 0 Å². The molecule has 0 heterocycles. The number of hydrogen-bond donors (Lipinski definition) is 0. The highest BCUT2D eigenvalue weighted by Crippen LogP contribution is 2.29. The zero-order valence-electron chi connectivity index (χ0n) is 19.2. The SMILES string of the molecule is CC(Br)C(=O)OCc1cc(OCc2c(F)c(F)c(F)c(F)c2F)cc(OCc2c(F)c(F)c(F)c(F)c2F)c1. The summed E-state index contributed by atoms with van der Waals surface area (Å²) >= 11 is 2.96. The Bertz CT molecular complexity index is 1280. The van der Waals surface area contributed by atoms with Gasteiger partial charge in [-0.05, 0) is 24.6 Å². The molecule has 210 valence electrons. The lowest BCUT2D eigenvalue weighted by molar-refractivity contribution is -0.143. The normalized spacial score (nSPS) is 11.9. The van der Waals surface area contributed by atoms with Crippen molar-refractivity contribution in [2.75, 3.05) is 0 Å². The highest BCUT2D eigenvalue weighted by atomic mass is 79.9. The molecule has 0 aromatic heterocycles. The van der Waals surface area contributed by atoms with E-state index in [1.165, 1.54) is 6.92 Å². The van der Waals surface area contributed by atoms with Crippen LogP contribution in [0.1, 0.15) is 23.6 Å². The van der Waals surface area contributed by atoms with Gasteiger partial charge in [-0.1, -0.05) is 15.9 Å². The van der Waals surface area contributed by atoms with E-state index in [2.05, 4.69) is 15.9 Å². The van der Waals surface area contributed by atoms with Crippen molar-refractivity contribution >= 4 is 21.9 Å². The molecule has 0 aliphatic heterocycles. The molecule has 15 heteroatoms. The maximum atomic E-state index is 14.0. The van der Waals surface area contributed by atoms with Crippen LogP contribution in [0.4, 0.5) is 43.9 Å². The highest BCUT2D eigenvalue weighted by Gasteiger charge is 2.27. The van der Waals surface area contributed by atoms with E-state index in [9.17, 15) is 48.7 Å². The minimum absolute atomic E-state index is 0.0267. The molecule has 0 amide bonds. The lowest BCUT2D eigenvalue weighted by atomic mass is 10.1. The molecule has 0 spiro atoms. The number of ether oxygens (including phenoxy) is 3. The molecule has 0 aliphatic carbocycles. The van der Waals surface area contributed by atoms with Gasteiger partial charge >= 0.3 is 5.97 Å². The monoisotopic (exact) mass is 634 g/mol. The van der Waals surface area contributed by atoms with Crippen molar-refractivity contribution in [3.05, 3.63) is 93.1 Å². The summed E-state index contributed by atoms with van der Waals surface area (Å²) in [5.41, 5.74) is -2.64. The molecule has 0 saturated carbocycles. The zero-order chi connectivity index (χ0) is 29.2. The molecular formula is C24H13BrF10O4. The Balaban J connectivity index is 1.92. The molecule has 0 saturated heterocycles. The van der Waals surface area contributed by atoms with Gasteiger partial charge in [0.05, 0.1) is 11.1 Å². The van der Waals surface area contributed by atoms with E-state index in [0.29, 0.717) is 0 Å². The van der Waals surface area contributed by atoms with E-state index in [-0.39, 0.29) is 17.1 Å². The Hall–Kier alpha value is -3.49. The van der Waals surface area contributed by atoms with Crippen molar-refractivity contribution in [1.82, 2.24) is 0 Å². The zero-order valence-corrected chi connectivity index (χ0v) is 20.8. The van der Waals surface area contributed by atoms with Gasteiger partial charge in [-0.25, -0.2) is 43.9 Å². The standard InChI is InChI=1S/C24H13BrF10O4/c1-8(25)24(36)39-5-9-2-10(37-6-12-14(26)18(30)22(34)19(31)15(12)27)4-11(3-9)38-7-13-16(28)20(32)23(35)21(33)17(13)29/h2-4,8H,5-7H2,1H3. The molecule has 0 fully saturated rings. The third kappa shape index (κ3) is 6.40. The predicted octanol–water partition coefficient (Wildman–Crippen LogP) is 7.06. The van der Waals surface area contributed by atoms with E-state index >= 15 is 0 Å². The maximum Gasteiger partial charge on any atom is 0.319 e. The lowest BCUT2D eigenvalue weighted by Crippen LogP contribution is -2.14. The van der Waals surface area contributed by atoms with Crippen LogP contribution >= 0.6 is 15.9 Å². The third-order valence-electron chi connectivity index (χ3n) is 5.01. The summed E-state index contributed by atoms with van der Waals surface area (Å²) < 4.78 is 152. The van der Waals surface area contributed by atoms with Gasteiger partial charge in [0.25, 0.3) is 0 Å². The van der Waals surface area contributed by atoms with Crippen molar-refractivity contribution in [3.63, 3.8) is 0 Å². The Morgan fingerprint density at radius 3 is 1.28 bits per heavy atom. The Morgan fingerprint density at radius 2 is 0.949 bits per heavy atom. The molecule has 0 bridgehead atoms. The minimum Gasteiger partial charge on any atom is -0.489 e. The molecule has 39 heavy (non-hydrogen) atoms. The maximum absolute atomic E-state index is 14.0. The van der Waals surface area contributed by atoms with Gasteiger partial charge in [0.2, 0.25) is 11.6 Å². The summed E-state index contributed by atoms with van der Waals surface area (Å²) in [6.07, 6.45) is 0. The molecule has 3 aromatic carbocycles. The number of carbonyl (C=O) groups is 1. The Labute approximate surface area is 221 Å². The quantitative estimate of drug-likeness (QED) is 0.0831. The first-order valence-corrected chi connectivity index (χ1v) is 11.4. The van der Waals surface area contributed by atoms with Crippen LogP contribution in [0.25, 0.3) is 0 Å². The average molecular weight is 635 g/mol. The van der Waals surface area contributed by atoms with Gasteiger partial charge < -0.3 is 14.2 Å². The number of hydrogen-bond acceptors (Lipinski definition) is 4. The van der Waals surface area contributed by atoms with Crippen molar-refractivity contribution in [1.29, 1.82) is 0 Å². The number of carbonyl (C=O) groups excluding carboxylic acids is 1. The smallest absolute Gasteiger partial charge is 0.319 e. The first-order chi connectivity index (χ1) is 18.2. The van der Waals surface area contributed by atoms with Crippen LogP contribution < -0.4 is 9.47 Å². The summed E-state index contributed by atoms with van der Waals surface area (Å²) in [6.45, 7) is -1.47. The van der Waals surface area contributed by atoms with Gasteiger partial charge in [-0.3, -0.25) is 4.79 Å². The second-order valence-electron chi connectivity index (χ2n) is 7.71. The molecular weight excluding hydrogens is 622 g/mol. The van der Waals surface area contributed by atoms with Crippen LogP contribution in [0.15, 0.2) is 18.2 Å². The van der Waals surface area contributed by atoms with Gasteiger partial charge in [0, 0.05) is 6.07 Å². The third-order valence-corrected chi connectivity index (χ3v) is 5.39. The van der Waals surface area contributed by atoms with Crippen molar-refractivity contribution in [2.24, 2.45) is 0 Å². The predicted molar refractivity (Wildman–Crippen MR) is 116 cm³/mol. The molecule has 0 N–H and O–H groups in total. The van der Waals surface area contributed by atoms with Crippen molar-refractivity contribution in [2.45, 2.75) is 31.6 Å². The summed E-state index contributed by atoms with van der Waals surface area (Å²) in [7, 11) is 0. The van der Waals surface area contributed by atoms with Crippen molar-refractivity contribution in [3.8, 4) is 11.5 Å². The molecule has 0 radical (unpaired) electrons. The summed E-state index contributed by atoms with van der Waals surface area (Å²) in [5, 5.41) is 0. The van der Waals surface area contributed by atoms with Crippen molar-refractivity contribution < 1.29 is 62.9 Å². The van der Waals surface area contributed by atoms with E-state index < -0.39 is 99.9 Å². The summed E-state index contributed by atoms with van der Waals surface area (Å²) in [5.74, 6) is -23.8. The van der Waals surface area contributed by atoms with E-state index in [1.807, 2.05) is 0 Å². The number of alkyl halides is 1. The second-order valence-corrected chi connectivity index (χ2v) is 9.08. The van der Waals surface area contributed by atoms with E-state index in [0.717, 1.165) is 18.2 Å². The van der Waals surface area contributed by atoms with Crippen LogP contribution in [-0.4, -0.2) is 10.8 Å². The fourth-order valence-electron chi connectivity index (χ4n) is 3.02. The van der Waals surface area contributed by atoms with Gasteiger partial charge in [0.1, 0.15) is 36.1 Å².